The lowest BCUT2D eigenvalue weighted by Crippen LogP contribution is -2.14. The van der Waals surface area contributed by atoms with Crippen molar-refractivity contribution in [3.05, 3.63) is 57.6 Å². The van der Waals surface area contributed by atoms with Gasteiger partial charge in [-0.3, -0.25) is 10.1 Å². The Morgan fingerprint density at radius 1 is 1.28 bits per heavy atom. The molecule has 1 aromatic carbocycles. The van der Waals surface area contributed by atoms with Gasteiger partial charge in [0.15, 0.2) is 10.8 Å². The summed E-state index contributed by atoms with van der Waals surface area (Å²) in [5.41, 5.74) is 3.39. The smallest absolute Gasteiger partial charge is 0.350 e. The van der Waals surface area contributed by atoms with Crippen molar-refractivity contribution in [3.63, 3.8) is 0 Å². The van der Waals surface area contributed by atoms with Gasteiger partial charge in [-0.15, -0.1) is 0 Å². The lowest BCUT2D eigenvalue weighted by atomic mass is 10.2. The molecule has 0 aliphatic heterocycles. The van der Waals surface area contributed by atoms with Gasteiger partial charge in [0.2, 0.25) is 0 Å². The highest BCUT2D eigenvalue weighted by Gasteiger charge is 2.28. The summed E-state index contributed by atoms with van der Waals surface area (Å²) in [6, 6.07) is 6.01. The molecule has 0 fully saturated rings. The molecule has 9 heteroatoms. The topological polar surface area (TPSA) is 86.1 Å². The van der Waals surface area contributed by atoms with Gasteiger partial charge in [-0.05, 0) is 57.4 Å². The van der Waals surface area contributed by atoms with Crippen molar-refractivity contribution in [2.75, 3.05) is 11.9 Å². The SMILES string of the molecule is CCOC(=O)c1sc(NC(=O)c2nn(-c3ccc(F)cc3)c3c2CCC3)nc1C. The van der Waals surface area contributed by atoms with Crippen LogP contribution in [0.15, 0.2) is 24.3 Å². The minimum Gasteiger partial charge on any atom is -0.462 e. The number of halogens is 1. The van der Waals surface area contributed by atoms with Gasteiger partial charge in [-0.2, -0.15) is 5.10 Å². The van der Waals surface area contributed by atoms with Gasteiger partial charge < -0.3 is 4.74 Å². The number of carbonyl (C=O) groups is 2. The Morgan fingerprint density at radius 3 is 2.76 bits per heavy atom. The summed E-state index contributed by atoms with van der Waals surface area (Å²) in [5, 5.41) is 7.55. The fourth-order valence-corrected chi connectivity index (χ4v) is 4.26. The van der Waals surface area contributed by atoms with Crippen molar-refractivity contribution in [2.45, 2.75) is 33.1 Å². The molecular weight excluding hydrogens is 395 g/mol. The number of hydrogen-bond donors (Lipinski definition) is 1. The quantitative estimate of drug-likeness (QED) is 0.644. The number of ether oxygens (including phenoxy) is 1. The van der Waals surface area contributed by atoms with Crippen LogP contribution in [0.25, 0.3) is 5.69 Å². The summed E-state index contributed by atoms with van der Waals surface area (Å²) < 4.78 is 20.0. The summed E-state index contributed by atoms with van der Waals surface area (Å²) in [6.07, 6.45) is 2.48. The standard InChI is InChI=1S/C20H19FN4O3S/c1-3-28-19(27)17-11(2)22-20(29-17)23-18(26)16-14-5-4-6-15(14)25(24-16)13-9-7-12(21)8-10-13/h7-10H,3-6H2,1-2H3,(H,22,23,26). The van der Waals surface area contributed by atoms with Crippen LogP contribution < -0.4 is 5.32 Å². The molecule has 7 nitrogen and oxygen atoms in total. The van der Waals surface area contributed by atoms with Crippen LogP contribution in [0.1, 0.15) is 50.5 Å². The summed E-state index contributed by atoms with van der Waals surface area (Å²) in [7, 11) is 0. The summed E-state index contributed by atoms with van der Waals surface area (Å²) in [6.45, 7) is 3.69. The maximum Gasteiger partial charge on any atom is 0.350 e. The Hall–Kier alpha value is -3.07. The number of hydrogen-bond acceptors (Lipinski definition) is 6. The van der Waals surface area contributed by atoms with Gasteiger partial charge in [-0.25, -0.2) is 18.9 Å². The molecule has 0 radical (unpaired) electrons. The van der Waals surface area contributed by atoms with Crippen LogP contribution in [0.5, 0.6) is 0 Å². The number of aromatic nitrogens is 3. The molecule has 0 unspecified atom stereocenters. The van der Waals surface area contributed by atoms with E-state index in [9.17, 15) is 14.0 Å². The van der Waals surface area contributed by atoms with E-state index in [-0.39, 0.29) is 18.3 Å². The number of carbonyl (C=O) groups excluding carboxylic acids is 2. The van der Waals surface area contributed by atoms with E-state index in [2.05, 4.69) is 15.4 Å². The molecule has 2 heterocycles. The molecular formula is C20H19FN4O3S. The van der Waals surface area contributed by atoms with Gasteiger partial charge in [0.05, 0.1) is 18.0 Å². The summed E-state index contributed by atoms with van der Waals surface area (Å²) >= 11 is 1.07. The van der Waals surface area contributed by atoms with Crippen LogP contribution in [0.3, 0.4) is 0 Å². The molecule has 0 atom stereocenters. The van der Waals surface area contributed by atoms with Crippen molar-refractivity contribution < 1.29 is 18.7 Å². The number of nitrogens with zero attached hydrogens (tertiary/aromatic N) is 3. The number of amides is 1. The van der Waals surface area contributed by atoms with Crippen LogP contribution in [0, 0.1) is 12.7 Å². The molecule has 3 aromatic rings. The number of nitrogens with one attached hydrogen (secondary N) is 1. The molecule has 1 N–H and O–H groups in total. The summed E-state index contributed by atoms with van der Waals surface area (Å²) in [5.74, 6) is -1.16. The second-order valence-electron chi connectivity index (χ2n) is 6.62. The van der Waals surface area contributed by atoms with E-state index in [4.69, 9.17) is 4.74 Å². The number of rotatable bonds is 5. The van der Waals surface area contributed by atoms with Crippen molar-refractivity contribution >= 4 is 28.3 Å². The van der Waals surface area contributed by atoms with Crippen molar-refractivity contribution in [2.24, 2.45) is 0 Å². The third-order valence-electron chi connectivity index (χ3n) is 4.69. The first kappa shape index (κ1) is 19.3. The Morgan fingerprint density at radius 2 is 2.03 bits per heavy atom. The van der Waals surface area contributed by atoms with Gasteiger partial charge in [0.25, 0.3) is 5.91 Å². The van der Waals surface area contributed by atoms with E-state index >= 15 is 0 Å². The maximum atomic E-state index is 13.3. The number of aryl methyl sites for hydroxylation is 1. The fraction of sp³-hybridized carbons (Fsp3) is 0.300. The van der Waals surface area contributed by atoms with E-state index in [1.807, 2.05) is 0 Å². The zero-order chi connectivity index (χ0) is 20.5. The maximum absolute atomic E-state index is 13.3. The van der Waals surface area contributed by atoms with E-state index in [1.165, 1.54) is 12.1 Å². The Kier molecular flexibility index (Phi) is 5.14. The zero-order valence-electron chi connectivity index (χ0n) is 16.0. The molecule has 0 saturated heterocycles. The highest BCUT2D eigenvalue weighted by Crippen LogP contribution is 2.29. The fourth-order valence-electron chi connectivity index (χ4n) is 3.41. The second-order valence-corrected chi connectivity index (χ2v) is 7.62. The summed E-state index contributed by atoms with van der Waals surface area (Å²) in [4.78, 5) is 29.5. The molecule has 0 saturated carbocycles. The molecule has 0 spiro atoms. The first-order chi connectivity index (χ1) is 14.0. The van der Waals surface area contributed by atoms with E-state index < -0.39 is 5.97 Å². The molecule has 4 rings (SSSR count). The van der Waals surface area contributed by atoms with Crippen LogP contribution in [0.2, 0.25) is 0 Å². The molecule has 2 aromatic heterocycles. The molecule has 1 aliphatic carbocycles. The first-order valence-electron chi connectivity index (χ1n) is 9.30. The van der Waals surface area contributed by atoms with Gasteiger partial charge in [-0.1, -0.05) is 11.3 Å². The minimum atomic E-state index is -0.454. The monoisotopic (exact) mass is 414 g/mol. The Bertz CT molecular complexity index is 1090. The Balaban J connectivity index is 1.62. The van der Waals surface area contributed by atoms with Gasteiger partial charge in [0.1, 0.15) is 10.7 Å². The minimum absolute atomic E-state index is 0.269. The third-order valence-corrected chi connectivity index (χ3v) is 5.75. The van der Waals surface area contributed by atoms with Crippen molar-refractivity contribution in [3.8, 4) is 5.69 Å². The second kappa shape index (κ2) is 7.75. The van der Waals surface area contributed by atoms with Crippen LogP contribution in [0.4, 0.5) is 9.52 Å². The van der Waals surface area contributed by atoms with Crippen molar-refractivity contribution in [1.29, 1.82) is 0 Å². The van der Waals surface area contributed by atoms with Crippen LogP contribution in [-0.2, 0) is 17.6 Å². The predicted octanol–water partition coefficient (Wildman–Crippen LogP) is 3.69. The zero-order valence-corrected chi connectivity index (χ0v) is 16.8. The van der Waals surface area contributed by atoms with Gasteiger partial charge in [0, 0.05) is 11.3 Å². The molecule has 1 aliphatic rings. The van der Waals surface area contributed by atoms with Crippen LogP contribution >= 0.6 is 11.3 Å². The van der Waals surface area contributed by atoms with E-state index in [0.29, 0.717) is 27.1 Å². The molecule has 1 amide bonds. The first-order valence-corrected chi connectivity index (χ1v) is 10.1. The molecule has 150 valence electrons. The number of anilines is 1. The predicted molar refractivity (Wildman–Crippen MR) is 106 cm³/mol. The third kappa shape index (κ3) is 3.65. The Labute approximate surface area is 170 Å². The van der Waals surface area contributed by atoms with Crippen molar-refractivity contribution in [1.82, 2.24) is 14.8 Å². The highest BCUT2D eigenvalue weighted by molar-refractivity contribution is 7.17. The van der Waals surface area contributed by atoms with E-state index in [1.54, 1.807) is 30.7 Å². The average Bonchev–Trinajstić information content (AvgIpc) is 3.38. The number of esters is 1. The molecule has 29 heavy (non-hydrogen) atoms. The lowest BCUT2D eigenvalue weighted by molar-refractivity contribution is 0.0531. The lowest BCUT2D eigenvalue weighted by Gasteiger charge is -2.05. The highest BCUT2D eigenvalue weighted by atomic mass is 32.1. The number of thiazole rings is 1. The average molecular weight is 414 g/mol. The molecule has 0 bridgehead atoms. The number of benzene rings is 1. The number of fused-ring (bicyclic) bond motifs is 1. The normalized spacial score (nSPS) is 12.7. The van der Waals surface area contributed by atoms with E-state index in [0.717, 1.165) is 41.9 Å². The van der Waals surface area contributed by atoms with Crippen LogP contribution in [-0.4, -0.2) is 33.2 Å². The van der Waals surface area contributed by atoms with Gasteiger partial charge >= 0.3 is 5.97 Å². The largest absolute Gasteiger partial charge is 0.462 e.